The normalized spacial score (nSPS) is 10.4. The second-order valence-electron chi connectivity index (χ2n) is 5.04. The fraction of sp³-hybridized carbons (Fsp3) is 0.235. The van der Waals surface area contributed by atoms with Crippen molar-refractivity contribution in [2.75, 3.05) is 13.2 Å². The molecule has 0 bridgehead atoms. The standard InChI is InChI=1S/C17H17Cl2NO3/c1-11-9-14(21)10-15(19)16(11)23-8-2-7-20-17(22)12-3-5-13(18)6-4-12/h3-6,9-10,21H,2,7-8H2,1H3,(H,20,22). The van der Waals surface area contributed by atoms with Crippen LogP contribution in [0.1, 0.15) is 22.3 Å². The number of phenolic OH excluding ortho intramolecular Hbond substituents is 1. The van der Waals surface area contributed by atoms with Gasteiger partial charge in [0, 0.05) is 23.2 Å². The van der Waals surface area contributed by atoms with E-state index in [1.807, 2.05) is 6.92 Å². The van der Waals surface area contributed by atoms with Gasteiger partial charge in [-0.2, -0.15) is 0 Å². The van der Waals surface area contributed by atoms with Crippen LogP contribution in [0.15, 0.2) is 36.4 Å². The number of nitrogens with one attached hydrogen (secondary N) is 1. The first kappa shape index (κ1) is 17.4. The molecule has 0 fully saturated rings. The van der Waals surface area contributed by atoms with E-state index in [1.54, 1.807) is 30.3 Å². The Morgan fingerprint density at radius 2 is 1.91 bits per heavy atom. The van der Waals surface area contributed by atoms with Gasteiger partial charge in [0.05, 0.1) is 11.6 Å². The summed E-state index contributed by atoms with van der Waals surface area (Å²) < 4.78 is 5.61. The summed E-state index contributed by atoms with van der Waals surface area (Å²) in [5.74, 6) is 0.504. The average Bonchev–Trinajstić information content (AvgIpc) is 2.49. The maximum atomic E-state index is 11.9. The van der Waals surface area contributed by atoms with Crippen LogP contribution in [0, 0.1) is 6.92 Å². The lowest BCUT2D eigenvalue weighted by Crippen LogP contribution is -2.25. The van der Waals surface area contributed by atoms with Crippen LogP contribution in [0.3, 0.4) is 0 Å². The summed E-state index contributed by atoms with van der Waals surface area (Å²) in [7, 11) is 0. The van der Waals surface area contributed by atoms with Gasteiger partial charge in [-0.05, 0) is 49.2 Å². The lowest BCUT2D eigenvalue weighted by atomic mass is 10.2. The zero-order valence-corrected chi connectivity index (χ0v) is 14.1. The van der Waals surface area contributed by atoms with Crippen molar-refractivity contribution in [3.05, 3.63) is 57.6 Å². The summed E-state index contributed by atoms with van der Waals surface area (Å²) >= 11 is 11.8. The van der Waals surface area contributed by atoms with Crippen molar-refractivity contribution < 1.29 is 14.6 Å². The van der Waals surface area contributed by atoms with Crippen LogP contribution in [0.25, 0.3) is 0 Å². The number of ether oxygens (including phenoxy) is 1. The highest BCUT2D eigenvalue weighted by molar-refractivity contribution is 6.32. The first-order valence-corrected chi connectivity index (χ1v) is 7.88. The lowest BCUT2D eigenvalue weighted by molar-refractivity contribution is 0.0951. The van der Waals surface area contributed by atoms with Gasteiger partial charge in [-0.25, -0.2) is 0 Å². The molecule has 4 nitrogen and oxygen atoms in total. The Kier molecular flexibility index (Phi) is 6.13. The van der Waals surface area contributed by atoms with Crippen molar-refractivity contribution >= 4 is 29.1 Å². The number of rotatable bonds is 6. The molecule has 0 aliphatic heterocycles. The summed E-state index contributed by atoms with van der Waals surface area (Å²) in [6.07, 6.45) is 0.635. The summed E-state index contributed by atoms with van der Waals surface area (Å²) in [4.78, 5) is 11.9. The quantitative estimate of drug-likeness (QED) is 0.764. The van der Waals surface area contributed by atoms with E-state index in [0.29, 0.717) is 40.9 Å². The zero-order chi connectivity index (χ0) is 16.8. The van der Waals surface area contributed by atoms with Crippen LogP contribution >= 0.6 is 23.2 Å². The molecule has 0 aliphatic rings. The molecular weight excluding hydrogens is 337 g/mol. The number of benzene rings is 2. The highest BCUT2D eigenvalue weighted by atomic mass is 35.5. The minimum absolute atomic E-state index is 0.107. The summed E-state index contributed by atoms with van der Waals surface area (Å²) in [6, 6.07) is 9.72. The molecule has 0 radical (unpaired) electrons. The van der Waals surface area contributed by atoms with Gasteiger partial charge in [-0.1, -0.05) is 23.2 Å². The first-order chi connectivity index (χ1) is 11.0. The van der Waals surface area contributed by atoms with Gasteiger partial charge in [-0.3, -0.25) is 4.79 Å². The monoisotopic (exact) mass is 353 g/mol. The summed E-state index contributed by atoms with van der Waals surface area (Å²) in [5, 5.41) is 13.2. The minimum Gasteiger partial charge on any atom is -0.508 e. The highest BCUT2D eigenvalue weighted by Gasteiger charge is 2.08. The van der Waals surface area contributed by atoms with Crippen LogP contribution < -0.4 is 10.1 Å². The number of hydrogen-bond donors (Lipinski definition) is 2. The Hall–Kier alpha value is -1.91. The Labute approximate surface area is 145 Å². The molecule has 122 valence electrons. The number of aryl methyl sites for hydroxylation is 1. The van der Waals surface area contributed by atoms with E-state index in [9.17, 15) is 9.90 Å². The van der Waals surface area contributed by atoms with E-state index >= 15 is 0 Å². The number of carbonyl (C=O) groups is 1. The highest BCUT2D eigenvalue weighted by Crippen LogP contribution is 2.32. The molecule has 0 unspecified atom stereocenters. The molecule has 2 N–H and O–H groups in total. The number of hydrogen-bond acceptors (Lipinski definition) is 3. The van der Waals surface area contributed by atoms with Gasteiger partial charge >= 0.3 is 0 Å². The van der Waals surface area contributed by atoms with Crippen LogP contribution in [-0.4, -0.2) is 24.2 Å². The molecule has 2 aromatic carbocycles. The molecule has 0 atom stereocenters. The van der Waals surface area contributed by atoms with Crippen molar-refractivity contribution in [1.82, 2.24) is 5.32 Å². The molecule has 0 aromatic heterocycles. The number of carbonyl (C=O) groups excluding carboxylic acids is 1. The van der Waals surface area contributed by atoms with Gasteiger partial charge in [0.15, 0.2) is 0 Å². The summed E-state index contributed by atoms with van der Waals surface area (Å²) in [5.41, 5.74) is 1.33. The number of aromatic hydroxyl groups is 1. The Balaban J connectivity index is 1.76. The molecule has 0 saturated carbocycles. The molecule has 2 aromatic rings. The predicted octanol–water partition coefficient (Wildman–Crippen LogP) is 4.21. The predicted molar refractivity (Wildman–Crippen MR) is 91.8 cm³/mol. The van der Waals surface area contributed by atoms with E-state index in [1.165, 1.54) is 6.07 Å². The molecule has 0 saturated heterocycles. The SMILES string of the molecule is Cc1cc(O)cc(Cl)c1OCCCNC(=O)c1ccc(Cl)cc1. The second-order valence-corrected chi connectivity index (χ2v) is 5.88. The third kappa shape index (κ3) is 5.05. The van der Waals surface area contributed by atoms with E-state index in [4.69, 9.17) is 27.9 Å². The van der Waals surface area contributed by atoms with Gasteiger partial charge in [0.1, 0.15) is 11.5 Å². The van der Waals surface area contributed by atoms with E-state index in [0.717, 1.165) is 5.56 Å². The van der Waals surface area contributed by atoms with Gasteiger partial charge < -0.3 is 15.2 Å². The molecule has 1 amide bonds. The smallest absolute Gasteiger partial charge is 0.251 e. The molecule has 6 heteroatoms. The minimum atomic E-state index is -0.152. The molecule has 23 heavy (non-hydrogen) atoms. The first-order valence-electron chi connectivity index (χ1n) is 7.13. The van der Waals surface area contributed by atoms with Crippen molar-refractivity contribution in [2.45, 2.75) is 13.3 Å². The third-order valence-electron chi connectivity index (χ3n) is 3.17. The van der Waals surface area contributed by atoms with Crippen molar-refractivity contribution in [3.8, 4) is 11.5 Å². The second kappa shape index (κ2) is 8.09. The fourth-order valence-electron chi connectivity index (χ4n) is 2.05. The van der Waals surface area contributed by atoms with E-state index in [2.05, 4.69) is 5.32 Å². The Morgan fingerprint density at radius 3 is 2.57 bits per heavy atom. The fourth-order valence-corrected chi connectivity index (χ4v) is 2.49. The van der Waals surface area contributed by atoms with Gasteiger partial charge in [0.2, 0.25) is 0 Å². The molecule has 0 aliphatic carbocycles. The maximum absolute atomic E-state index is 11.9. The average molecular weight is 354 g/mol. The number of amides is 1. The van der Waals surface area contributed by atoms with Gasteiger partial charge in [-0.15, -0.1) is 0 Å². The van der Waals surface area contributed by atoms with Crippen molar-refractivity contribution in [3.63, 3.8) is 0 Å². The number of phenols is 1. The summed E-state index contributed by atoms with van der Waals surface area (Å²) in [6.45, 7) is 2.70. The topological polar surface area (TPSA) is 58.6 Å². The van der Waals surface area contributed by atoms with Crippen molar-refractivity contribution in [1.29, 1.82) is 0 Å². The number of halogens is 2. The van der Waals surface area contributed by atoms with E-state index in [-0.39, 0.29) is 11.7 Å². The lowest BCUT2D eigenvalue weighted by Gasteiger charge is -2.11. The van der Waals surface area contributed by atoms with Crippen molar-refractivity contribution in [2.24, 2.45) is 0 Å². The largest absolute Gasteiger partial charge is 0.508 e. The van der Waals surface area contributed by atoms with Crippen LogP contribution in [0.2, 0.25) is 10.0 Å². The van der Waals surface area contributed by atoms with E-state index < -0.39 is 0 Å². The van der Waals surface area contributed by atoms with Gasteiger partial charge in [0.25, 0.3) is 5.91 Å². The zero-order valence-electron chi connectivity index (χ0n) is 12.6. The molecule has 0 spiro atoms. The molecule has 0 heterocycles. The molecule has 2 rings (SSSR count). The van der Waals surface area contributed by atoms with Crippen LogP contribution in [0.4, 0.5) is 0 Å². The third-order valence-corrected chi connectivity index (χ3v) is 3.71. The Bertz CT molecular complexity index is 664. The Morgan fingerprint density at radius 1 is 1.22 bits per heavy atom. The maximum Gasteiger partial charge on any atom is 0.251 e. The van der Waals surface area contributed by atoms with Crippen LogP contribution in [0.5, 0.6) is 11.5 Å². The van der Waals surface area contributed by atoms with Crippen LogP contribution in [-0.2, 0) is 0 Å². The molecular formula is C17H17Cl2NO3.